The molecule has 14 rings (SSSR count). The second-order valence-corrected chi connectivity index (χ2v) is 49.6. The maximum absolute atomic E-state index is 13.2. The highest BCUT2D eigenvalue weighted by atomic mass is 32.3. The van der Waals surface area contributed by atoms with E-state index in [0.717, 1.165) is 112 Å². The van der Waals surface area contributed by atoms with Gasteiger partial charge in [0.2, 0.25) is 0 Å². The van der Waals surface area contributed by atoms with Crippen molar-refractivity contribution in [3.63, 3.8) is 0 Å². The maximum atomic E-state index is 13.2. The third kappa shape index (κ3) is 27.8. The first-order valence-corrected chi connectivity index (χ1v) is 54.2. The first-order chi connectivity index (χ1) is 58.5. The molecule has 4 aromatic heterocycles. The SMILES string of the molecule is CC(C)(O)c1ccc(N2CCN(S(=O)(=O)c3cccs3)CC2CO)cc1.CC(C)(O)c1ccc(N2CCN(S(=O)(=O)c3cccs3)CC2COS(C)(=O)=O)cc1.CC(C)(O)c1ccc(N2CCN(S(=O)(=O)c3cccs3)CC2COS(C)(=O)=O)cc1.C[C@@H]1CCCOC1.C[C@H]1COCCN1CC1CN(S(=O)(=O)c2cccs2)CCN1c1ccc(C(C)(C)O)cc1. The van der Waals surface area contributed by atoms with Crippen molar-refractivity contribution >= 4 is 128 Å². The number of hydrogen-bond acceptors (Lipinski definition) is 30. The summed E-state index contributed by atoms with van der Waals surface area (Å²) in [6.07, 6.45) is 4.57. The van der Waals surface area contributed by atoms with Crippen molar-refractivity contribution in [1.29, 1.82) is 0 Å². The van der Waals surface area contributed by atoms with Gasteiger partial charge in [-0.1, -0.05) is 79.7 Å². The van der Waals surface area contributed by atoms with Gasteiger partial charge in [-0.05, 0) is 198 Å². The van der Waals surface area contributed by atoms with Crippen LogP contribution in [-0.2, 0) is 101 Å². The summed E-state index contributed by atoms with van der Waals surface area (Å²) in [5, 5.41) is 57.5. The lowest BCUT2D eigenvalue weighted by Crippen LogP contribution is -2.60. The lowest BCUT2D eigenvalue weighted by Gasteiger charge is -2.45. The zero-order valence-corrected chi connectivity index (χ0v) is 80.9. The summed E-state index contributed by atoms with van der Waals surface area (Å²) in [5.41, 5.74) is 2.95. The van der Waals surface area contributed by atoms with E-state index in [1.54, 1.807) is 154 Å². The van der Waals surface area contributed by atoms with E-state index < -0.39 is 94.8 Å². The van der Waals surface area contributed by atoms with Crippen LogP contribution in [0, 0.1) is 5.92 Å². The molecule has 6 aliphatic rings. The van der Waals surface area contributed by atoms with Gasteiger partial charge in [-0.2, -0.15) is 34.1 Å². The number of aliphatic hydroxyl groups excluding tert-OH is 1. The molecule has 6 saturated heterocycles. The van der Waals surface area contributed by atoms with E-state index in [1.165, 1.54) is 48.4 Å². The van der Waals surface area contributed by atoms with Gasteiger partial charge >= 0.3 is 0 Å². The number of sulfonamides is 4. The highest BCUT2D eigenvalue weighted by Crippen LogP contribution is 2.36. The number of morpholine rings is 1. The van der Waals surface area contributed by atoms with Gasteiger partial charge in [0, 0.05) is 134 Å². The van der Waals surface area contributed by atoms with Crippen molar-refractivity contribution in [1.82, 2.24) is 22.1 Å². The lowest BCUT2D eigenvalue weighted by atomic mass is 9.98. The largest absolute Gasteiger partial charge is 0.394 e. The van der Waals surface area contributed by atoms with E-state index >= 15 is 0 Å². The maximum Gasteiger partial charge on any atom is 0.264 e. The summed E-state index contributed by atoms with van der Waals surface area (Å²) in [6.45, 7) is 26.8. The first-order valence-electron chi connectivity index (χ1n) is 41.3. The quantitative estimate of drug-likeness (QED) is 0.0332. The Bertz CT molecular complexity index is 5230. The van der Waals surface area contributed by atoms with Gasteiger partial charge in [-0.15, -0.1) is 45.3 Å². The highest BCUT2D eigenvalue weighted by Gasteiger charge is 2.42. The number of hydrogen-bond donors (Lipinski definition) is 5. The Hall–Kier alpha value is -5.98. The fraction of sp³-hybridized carbons (Fsp3) is 0.529. The molecule has 125 heavy (non-hydrogen) atoms. The summed E-state index contributed by atoms with van der Waals surface area (Å²) in [5.74, 6) is 0.814. The lowest BCUT2D eigenvalue weighted by molar-refractivity contribution is -0.00446. The summed E-state index contributed by atoms with van der Waals surface area (Å²) in [4.78, 5) is 10.6. The number of piperazine rings is 4. The number of thiophene rings is 4. The number of anilines is 4. The van der Waals surface area contributed by atoms with Crippen LogP contribution >= 0.6 is 45.3 Å². The normalized spacial score (nSPS) is 21.3. The van der Waals surface area contributed by atoms with E-state index in [1.807, 2.05) is 87.5 Å². The third-order valence-corrected chi connectivity index (χ3v) is 36.3. The Morgan fingerprint density at radius 2 is 0.656 bits per heavy atom. The van der Waals surface area contributed by atoms with Gasteiger partial charge in [0.05, 0.1) is 92.1 Å². The average Bonchev–Trinajstić information content (AvgIpc) is 1.74. The monoisotopic (exact) mass is 1920 g/mol. The molecule has 8 aromatic rings. The zero-order valence-electron chi connectivity index (χ0n) is 72.8. The minimum atomic E-state index is -3.68. The van der Waals surface area contributed by atoms with E-state index in [0.29, 0.717) is 73.5 Å². The minimum absolute atomic E-state index is 0.0204. The van der Waals surface area contributed by atoms with Crippen LogP contribution in [-0.4, -0.2) is 279 Å². The fourth-order valence-electron chi connectivity index (χ4n) is 15.1. The third-order valence-electron chi connectivity index (χ3n) is 22.3. The Morgan fingerprint density at radius 3 is 0.896 bits per heavy atom. The molecule has 30 nitrogen and oxygen atoms in total. The first kappa shape index (κ1) is 101. The van der Waals surface area contributed by atoms with Crippen molar-refractivity contribution in [3.05, 3.63) is 189 Å². The minimum Gasteiger partial charge on any atom is -0.394 e. The van der Waals surface area contributed by atoms with Crippen molar-refractivity contribution in [2.45, 2.75) is 152 Å². The summed E-state index contributed by atoms with van der Waals surface area (Å²) >= 11 is 4.77. The van der Waals surface area contributed by atoms with Crippen LogP contribution in [0.4, 0.5) is 22.7 Å². The Morgan fingerprint density at radius 1 is 0.376 bits per heavy atom. The Labute approximate surface area is 755 Å². The Balaban J connectivity index is 0.000000170. The predicted octanol–water partition coefficient (Wildman–Crippen LogP) is 9.52. The van der Waals surface area contributed by atoms with Crippen molar-refractivity contribution in [2.75, 3.05) is 170 Å². The molecule has 6 fully saturated rings. The standard InChI is InChI=1S/C23H33N3O4S2.2C19H26N2O6S3.C18H24N2O4S2.C6H12O/c1-18-17-30-13-12-24(18)15-21-16-25(32(28,29)22-5-4-14-31-22)10-11-26(21)20-8-6-19(7-9-20)23(2,3)27;2*1-19(2,22)15-6-8-16(9-7-15)21-11-10-20(13-17(21)14-27-29(3,23)24)30(25,26)18-5-4-12-28-18;1-18(2,22)14-5-7-15(8-6-14)20-10-9-19(12-16(20)13-21)26(23,24)17-4-3-11-25-17;1-6-3-2-4-7-5-6/h4-9,14,18,21,27H,10-13,15-17H2,1-3H3;2*4-9,12,17,22H,10-11,13-14H2,1-3H3;3-8,11,16,21-22H,9-10,12-13H2,1-2H3;6H,2-5H2,1H3/t18-,21?;;;;6-/m0...1/s1. The molecule has 6 atom stereocenters. The molecule has 0 saturated carbocycles. The van der Waals surface area contributed by atoms with Crippen molar-refractivity contribution < 1.29 is 93.9 Å². The van der Waals surface area contributed by atoms with Gasteiger partial charge in [0.15, 0.2) is 0 Å². The average molecular weight is 1930 g/mol. The van der Waals surface area contributed by atoms with Crippen molar-refractivity contribution in [2.24, 2.45) is 5.92 Å². The van der Waals surface area contributed by atoms with E-state index in [4.69, 9.17) is 17.8 Å². The fourth-order valence-corrected chi connectivity index (χ4v) is 26.4. The topological polar surface area (TPSA) is 372 Å². The summed E-state index contributed by atoms with van der Waals surface area (Å²) < 4.78 is 178. The van der Waals surface area contributed by atoms with E-state index in [2.05, 4.69) is 23.6 Å². The van der Waals surface area contributed by atoms with Gasteiger partial charge in [0.1, 0.15) is 16.8 Å². The summed E-state index contributed by atoms with van der Waals surface area (Å²) in [6, 6.07) is 42.4. The molecule has 0 aliphatic carbocycles. The number of nitrogens with zero attached hydrogens (tertiary/aromatic N) is 9. The van der Waals surface area contributed by atoms with Crippen LogP contribution in [0.5, 0.6) is 0 Å². The van der Waals surface area contributed by atoms with Gasteiger partial charge in [-0.25, -0.2) is 33.7 Å². The molecule has 5 N–H and O–H groups in total. The second-order valence-electron chi connectivity index (χ2n) is 33.9. The van der Waals surface area contributed by atoms with Crippen LogP contribution in [0.1, 0.15) is 104 Å². The number of rotatable bonds is 25. The number of ether oxygens (including phenoxy) is 2. The van der Waals surface area contributed by atoms with Crippen LogP contribution in [0.3, 0.4) is 0 Å². The van der Waals surface area contributed by atoms with Crippen molar-refractivity contribution in [3.8, 4) is 0 Å². The molecule has 10 heterocycles. The molecular formula is C85H121N9O21S10. The number of aliphatic hydroxyl groups is 5. The molecule has 4 unspecified atom stereocenters. The predicted molar refractivity (Wildman–Crippen MR) is 493 cm³/mol. The van der Waals surface area contributed by atoms with E-state index in [-0.39, 0.29) is 73.0 Å². The zero-order chi connectivity index (χ0) is 91.3. The second kappa shape index (κ2) is 42.9. The number of benzene rings is 4. The molecule has 0 spiro atoms. The molecule has 0 bridgehead atoms. The highest BCUT2D eigenvalue weighted by molar-refractivity contribution is 7.92. The van der Waals surface area contributed by atoms with Gasteiger partial charge in [-0.3, -0.25) is 13.3 Å². The van der Waals surface area contributed by atoms with E-state index in [9.17, 15) is 76.0 Å². The Kier molecular flexibility index (Phi) is 34.7. The molecular weight excluding hydrogens is 1800 g/mol. The van der Waals surface area contributed by atoms with Gasteiger partial charge < -0.3 is 54.6 Å². The molecule has 6 aliphatic heterocycles. The van der Waals surface area contributed by atoms with Crippen LogP contribution in [0.15, 0.2) is 184 Å². The van der Waals surface area contributed by atoms with Crippen LogP contribution < -0.4 is 19.6 Å². The summed E-state index contributed by atoms with van der Waals surface area (Å²) in [7, 11) is -21.7. The van der Waals surface area contributed by atoms with Gasteiger partial charge in [0.25, 0.3) is 60.3 Å². The molecule has 0 radical (unpaired) electrons. The van der Waals surface area contributed by atoms with Crippen LogP contribution in [0.2, 0.25) is 0 Å². The molecule has 4 aromatic carbocycles. The molecule has 40 heteroatoms. The molecule has 692 valence electrons. The smallest absolute Gasteiger partial charge is 0.264 e. The van der Waals surface area contributed by atoms with Crippen LogP contribution in [0.25, 0.3) is 0 Å². The molecule has 0 amide bonds.